The van der Waals surface area contributed by atoms with Crippen molar-refractivity contribution in [3.05, 3.63) is 51.7 Å². The number of methoxy groups -OCH3 is 1. The Labute approximate surface area is 123 Å². The Morgan fingerprint density at radius 2 is 2.15 bits per heavy atom. The van der Waals surface area contributed by atoms with Crippen LogP contribution >= 0.6 is 11.3 Å². The minimum absolute atomic E-state index is 0.0409. The van der Waals surface area contributed by atoms with Crippen LogP contribution in [0.5, 0.6) is 5.75 Å². The van der Waals surface area contributed by atoms with Crippen molar-refractivity contribution >= 4 is 17.2 Å². The van der Waals surface area contributed by atoms with E-state index in [0.717, 1.165) is 11.3 Å². The van der Waals surface area contributed by atoms with E-state index in [1.807, 2.05) is 48.4 Å². The lowest BCUT2D eigenvalue weighted by Gasteiger charge is -2.20. The van der Waals surface area contributed by atoms with E-state index < -0.39 is 0 Å². The Morgan fingerprint density at radius 1 is 1.35 bits per heavy atom. The van der Waals surface area contributed by atoms with Crippen LogP contribution in [0.15, 0.2) is 35.7 Å². The first kappa shape index (κ1) is 14.6. The van der Waals surface area contributed by atoms with Crippen LogP contribution in [-0.2, 0) is 6.54 Å². The monoisotopic (exact) mass is 289 g/mol. The van der Waals surface area contributed by atoms with E-state index in [4.69, 9.17) is 4.74 Å². The van der Waals surface area contributed by atoms with Gasteiger partial charge < -0.3 is 9.64 Å². The number of carbonyl (C=O) groups is 1. The van der Waals surface area contributed by atoms with Gasteiger partial charge in [-0.2, -0.15) is 0 Å². The molecule has 20 heavy (non-hydrogen) atoms. The zero-order valence-corrected chi connectivity index (χ0v) is 12.9. The van der Waals surface area contributed by atoms with Crippen molar-refractivity contribution in [1.82, 2.24) is 4.90 Å². The van der Waals surface area contributed by atoms with Crippen molar-refractivity contribution in [3.63, 3.8) is 0 Å². The molecule has 0 bridgehead atoms. The van der Waals surface area contributed by atoms with Crippen LogP contribution in [0.3, 0.4) is 0 Å². The van der Waals surface area contributed by atoms with Gasteiger partial charge in [0.1, 0.15) is 5.75 Å². The fourth-order valence-corrected chi connectivity index (χ4v) is 2.77. The molecule has 0 unspecified atom stereocenters. The summed E-state index contributed by atoms with van der Waals surface area (Å²) in [5, 5.41) is 2.03. The van der Waals surface area contributed by atoms with E-state index >= 15 is 0 Å². The lowest BCUT2D eigenvalue weighted by Crippen LogP contribution is -2.30. The van der Waals surface area contributed by atoms with E-state index in [1.54, 1.807) is 18.4 Å². The molecule has 1 heterocycles. The van der Waals surface area contributed by atoms with Crippen molar-refractivity contribution in [2.24, 2.45) is 0 Å². The topological polar surface area (TPSA) is 29.5 Å². The van der Waals surface area contributed by atoms with E-state index in [9.17, 15) is 4.79 Å². The summed E-state index contributed by atoms with van der Waals surface area (Å²) >= 11 is 1.67. The fourth-order valence-electron chi connectivity index (χ4n) is 2.05. The van der Waals surface area contributed by atoms with Crippen molar-refractivity contribution in [3.8, 4) is 5.75 Å². The summed E-state index contributed by atoms with van der Waals surface area (Å²) in [5.41, 5.74) is 1.70. The molecule has 0 saturated heterocycles. The number of nitrogens with zero attached hydrogens (tertiary/aromatic N) is 1. The SMILES string of the molecule is CCN(Cc1cccs1)C(=O)c1ccc(C)c(OC)c1. The second-order valence-corrected chi connectivity index (χ2v) is 5.62. The van der Waals surface area contributed by atoms with Gasteiger partial charge in [-0.05, 0) is 43.0 Å². The standard InChI is InChI=1S/C16H19NO2S/c1-4-17(11-14-6-5-9-20-14)16(18)13-8-7-12(2)15(10-13)19-3/h5-10H,4,11H2,1-3H3. The summed E-state index contributed by atoms with van der Waals surface area (Å²) in [7, 11) is 1.62. The molecule has 2 aromatic rings. The fraction of sp³-hybridized carbons (Fsp3) is 0.312. The van der Waals surface area contributed by atoms with Gasteiger partial charge in [-0.1, -0.05) is 12.1 Å². The molecule has 0 fully saturated rings. The Morgan fingerprint density at radius 3 is 2.75 bits per heavy atom. The van der Waals surface area contributed by atoms with Gasteiger partial charge in [-0.15, -0.1) is 11.3 Å². The van der Waals surface area contributed by atoms with E-state index in [-0.39, 0.29) is 5.91 Å². The van der Waals surface area contributed by atoms with E-state index in [1.165, 1.54) is 4.88 Å². The maximum Gasteiger partial charge on any atom is 0.254 e. The molecule has 0 atom stereocenters. The molecule has 1 aromatic carbocycles. The highest BCUT2D eigenvalue weighted by atomic mass is 32.1. The number of carbonyl (C=O) groups excluding carboxylic acids is 1. The summed E-state index contributed by atoms with van der Waals surface area (Å²) in [4.78, 5) is 15.6. The van der Waals surface area contributed by atoms with Crippen molar-refractivity contribution in [2.75, 3.05) is 13.7 Å². The summed E-state index contributed by atoms with van der Waals surface area (Å²) < 4.78 is 5.29. The van der Waals surface area contributed by atoms with Crippen LogP contribution in [0.4, 0.5) is 0 Å². The summed E-state index contributed by atoms with van der Waals surface area (Å²) in [6, 6.07) is 9.65. The van der Waals surface area contributed by atoms with Gasteiger partial charge in [-0.25, -0.2) is 0 Å². The second kappa shape index (κ2) is 6.57. The molecule has 4 heteroatoms. The van der Waals surface area contributed by atoms with Crippen LogP contribution < -0.4 is 4.74 Å². The third-order valence-corrected chi connectivity index (χ3v) is 4.11. The lowest BCUT2D eigenvalue weighted by atomic mass is 10.1. The van der Waals surface area contributed by atoms with Gasteiger partial charge in [0, 0.05) is 17.0 Å². The molecule has 0 spiro atoms. The minimum atomic E-state index is 0.0409. The highest BCUT2D eigenvalue weighted by Crippen LogP contribution is 2.21. The van der Waals surface area contributed by atoms with Gasteiger partial charge in [0.05, 0.1) is 13.7 Å². The molecular formula is C16H19NO2S. The first-order valence-electron chi connectivity index (χ1n) is 6.62. The third-order valence-electron chi connectivity index (χ3n) is 3.25. The number of thiophene rings is 1. The molecule has 106 valence electrons. The van der Waals surface area contributed by atoms with Gasteiger partial charge in [0.2, 0.25) is 0 Å². The van der Waals surface area contributed by atoms with Crippen molar-refractivity contribution in [2.45, 2.75) is 20.4 Å². The van der Waals surface area contributed by atoms with Crippen LogP contribution in [0.1, 0.15) is 27.7 Å². The van der Waals surface area contributed by atoms with Crippen molar-refractivity contribution in [1.29, 1.82) is 0 Å². The molecule has 0 radical (unpaired) electrons. The molecule has 0 aliphatic heterocycles. The lowest BCUT2D eigenvalue weighted by molar-refractivity contribution is 0.0754. The average molecular weight is 289 g/mol. The van der Waals surface area contributed by atoms with Crippen LogP contribution in [0.2, 0.25) is 0 Å². The van der Waals surface area contributed by atoms with Gasteiger partial charge in [0.25, 0.3) is 5.91 Å². The third kappa shape index (κ3) is 3.20. The largest absolute Gasteiger partial charge is 0.496 e. The number of hydrogen-bond donors (Lipinski definition) is 0. The highest BCUT2D eigenvalue weighted by molar-refractivity contribution is 7.09. The summed E-state index contributed by atoms with van der Waals surface area (Å²) in [5.74, 6) is 0.794. The highest BCUT2D eigenvalue weighted by Gasteiger charge is 2.16. The number of rotatable bonds is 5. The van der Waals surface area contributed by atoms with Crippen LogP contribution in [-0.4, -0.2) is 24.5 Å². The number of ether oxygens (including phenoxy) is 1. The Kier molecular flexibility index (Phi) is 4.79. The van der Waals surface area contributed by atoms with E-state index in [2.05, 4.69) is 6.07 Å². The molecular weight excluding hydrogens is 270 g/mol. The predicted octanol–water partition coefficient (Wildman–Crippen LogP) is 3.73. The van der Waals surface area contributed by atoms with Gasteiger partial charge in [-0.3, -0.25) is 4.79 Å². The van der Waals surface area contributed by atoms with Crippen LogP contribution in [0, 0.1) is 6.92 Å². The number of hydrogen-bond acceptors (Lipinski definition) is 3. The summed E-state index contributed by atoms with van der Waals surface area (Å²) in [6.45, 7) is 5.31. The molecule has 3 nitrogen and oxygen atoms in total. The molecule has 2 rings (SSSR count). The zero-order valence-electron chi connectivity index (χ0n) is 12.1. The first-order valence-corrected chi connectivity index (χ1v) is 7.50. The van der Waals surface area contributed by atoms with Crippen molar-refractivity contribution < 1.29 is 9.53 Å². The molecule has 0 aliphatic carbocycles. The average Bonchev–Trinajstić information content (AvgIpc) is 2.97. The Hall–Kier alpha value is -1.81. The first-order chi connectivity index (χ1) is 9.65. The molecule has 0 aliphatic rings. The van der Waals surface area contributed by atoms with Gasteiger partial charge >= 0.3 is 0 Å². The zero-order chi connectivity index (χ0) is 14.5. The quantitative estimate of drug-likeness (QED) is 0.839. The Balaban J connectivity index is 2.19. The predicted molar refractivity (Wildman–Crippen MR) is 82.5 cm³/mol. The minimum Gasteiger partial charge on any atom is -0.496 e. The number of amides is 1. The maximum atomic E-state index is 12.6. The Bertz CT molecular complexity index is 578. The smallest absolute Gasteiger partial charge is 0.254 e. The van der Waals surface area contributed by atoms with Crippen LogP contribution in [0.25, 0.3) is 0 Å². The molecule has 1 amide bonds. The second-order valence-electron chi connectivity index (χ2n) is 4.58. The van der Waals surface area contributed by atoms with E-state index in [0.29, 0.717) is 18.7 Å². The summed E-state index contributed by atoms with van der Waals surface area (Å²) in [6.07, 6.45) is 0. The molecule has 0 saturated carbocycles. The van der Waals surface area contributed by atoms with Gasteiger partial charge in [0.15, 0.2) is 0 Å². The number of aryl methyl sites for hydroxylation is 1. The maximum absolute atomic E-state index is 12.6. The number of benzene rings is 1. The molecule has 1 aromatic heterocycles. The normalized spacial score (nSPS) is 10.3. The molecule has 0 N–H and O–H groups in total.